The average Bonchev–Trinajstić information content (AvgIpc) is 2.97. The van der Waals surface area contributed by atoms with Gasteiger partial charge in [-0.1, -0.05) is 48.5 Å². The first-order valence-corrected chi connectivity index (χ1v) is 14.9. The Morgan fingerprint density at radius 1 is 0.732 bits per heavy atom. The lowest BCUT2D eigenvalue weighted by Crippen LogP contribution is -2.15. The quantitative estimate of drug-likeness (QED) is 0.163. The van der Waals surface area contributed by atoms with Gasteiger partial charge in [-0.15, -0.1) is 12.4 Å². The van der Waals surface area contributed by atoms with E-state index in [1.807, 2.05) is 92.0 Å². The molecule has 0 amide bonds. The van der Waals surface area contributed by atoms with Crippen LogP contribution in [0.2, 0.25) is 0 Å². The molecule has 5 aromatic carbocycles. The number of halogens is 1. The molecule has 8 heteroatoms. The highest BCUT2D eigenvalue weighted by molar-refractivity contribution is 7.90. The van der Waals surface area contributed by atoms with Crippen LogP contribution in [0, 0.1) is 0 Å². The summed E-state index contributed by atoms with van der Waals surface area (Å²) in [7, 11) is -1.42. The summed E-state index contributed by atoms with van der Waals surface area (Å²) in [6.45, 7) is 1.80. The molecule has 0 spiro atoms. The highest BCUT2D eigenvalue weighted by atomic mass is 35.5. The number of hydrogen-bond donors (Lipinski definition) is 1. The molecular weight excluding hydrogens is 558 g/mol. The third-order valence-corrected chi connectivity index (χ3v) is 7.58. The van der Waals surface area contributed by atoms with Gasteiger partial charge in [0.05, 0.1) is 4.90 Å². The number of benzene rings is 5. The van der Waals surface area contributed by atoms with Gasteiger partial charge in [0.15, 0.2) is 9.84 Å². The lowest BCUT2D eigenvalue weighted by molar-refractivity contribution is 0.306. The molecule has 0 unspecified atom stereocenters. The zero-order chi connectivity index (χ0) is 28.0. The van der Waals surface area contributed by atoms with Crippen molar-refractivity contribution in [3.8, 4) is 34.1 Å². The second kappa shape index (κ2) is 13.5. The van der Waals surface area contributed by atoms with Gasteiger partial charge < -0.3 is 19.5 Å². The summed E-state index contributed by atoms with van der Waals surface area (Å²) in [5.74, 6) is 2.85. The van der Waals surface area contributed by atoms with Crippen molar-refractivity contribution >= 4 is 33.0 Å². The second-order valence-electron chi connectivity index (χ2n) is 9.42. The molecule has 0 saturated carbocycles. The van der Waals surface area contributed by atoms with Crippen molar-refractivity contribution in [2.24, 2.45) is 0 Å². The molecule has 0 aliphatic carbocycles. The minimum Gasteiger partial charge on any atom is -0.492 e. The fraction of sp³-hybridized carbons (Fsp3) is 0.152. The van der Waals surface area contributed by atoms with E-state index in [1.54, 1.807) is 24.3 Å². The maximum Gasteiger partial charge on any atom is 0.175 e. The number of ether oxygens (including phenoxy) is 3. The van der Waals surface area contributed by atoms with E-state index in [0.29, 0.717) is 24.7 Å². The number of fused-ring (bicyclic) bond motifs is 1. The zero-order valence-electron chi connectivity index (χ0n) is 22.9. The monoisotopic (exact) mass is 589 g/mol. The number of rotatable bonds is 11. The Labute approximate surface area is 247 Å². The highest BCUT2D eigenvalue weighted by Crippen LogP contribution is 2.41. The van der Waals surface area contributed by atoms with Crippen LogP contribution in [0.4, 0.5) is 0 Å². The maximum absolute atomic E-state index is 12.0. The van der Waals surface area contributed by atoms with Gasteiger partial charge in [-0.05, 0) is 84.2 Å². The molecule has 5 aromatic rings. The SMILES string of the molecule is CNCCOc1ccc(Oc2c(-c3ccc(S(C)(=O)=O)cc3)ccc3cc(OCc4ccccc4)ccc23)cc1.Cl. The van der Waals surface area contributed by atoms with E-state index in [-0.39, 0.29) is 17.3 Å². The van der Waals surface area contributed by atoms with Crippen LogP contribution in [0.15, 0.2) is 114 Å². The van der Waals surface area contributed by atoms with Gasteiger partial charge in [-0.2, -0.15) is 0 Å². The molecule has 0 atom stereocenters. The van der Waals surface area contributed by atoms with E-state index in [1.165, 1.54) is 6.26 Å². The fourth-order valence-corrected chi connectivity index (χ4v) is 4.95. The van der Waals surface area contributed by atoms with E-state index in [9.17, 15) is 8.42 Å². The fourth-order valence-electron chi connectivity index (χ4n) is 4.32. The minimum atomic E-state index is -3.30. The number of sulfone groups is 1. The van der Waals surface area contributed by atoms with Crippen LogP contribution in [0.5, 0.6) is 23.0 Å². The molecule has 5 rings (SSSR count). The first-order valence-electron chi connectivity index (χ1n) is 13.0. The second-order valence-corrected chi connectivity index (χ2v) is 11.4. The predicted molar refractivity (Wildman–Crippen MR) is 166 cm³/mol. The molecule has 0 fully saturated rings. The maximum atomic E-state index is 12.0. The Bertz CT molecular complexity index is 1690. The summed E-state index contributed by atoms with van der Waals surface area (Å²) < 4.78 is 42.3. The average molecular weight is 590 g/mol. The van der Waals surface area contributed by atoms with Gasteiger partial charge in [0, 0.05) is 23.8 Å². The number of hydrogen-bond acceptors (Lipinski definition) is 6. The molecule has 1 N–H and O–H groups in total. The van der Waals surface area contributed by atoms with Crippen LogP contribution >= 0.6 is 12.4 Å². The summed E-state index contributed by atoms with van der Waals surface area (Å²) >= 11 is 0. The van der Waals surface area contributed by atoms with Gasteiger partial charge in [0.25, 0.3) is 0 Å². The van der Waals surface area contributed by atoms with Crippen LogP contribution in [-0.4, -0.2) is 34.9 Å². The van der Waals surface area contributed by atoms with Gasteiger partial charge in [-0.25, -0.2) is 8.42 Å². The molecule has 0 radical (unpaired) electrons. The summed E-state index contributed by atoms with van der Waals surface area (Å²) in [5.41, 5.74) is 2.79. The van der Waals surface area contributed by atoms with Crippen LogP contribution < -0.4 is 19.5 Å². The van der Waals surface area contributed by atoms with Crippen molar-refractivity contribution in [3.05, 3.63) is 115 Å². The number of likely N-dealkylation sites (N-methyl/N-ethyl adjacent to an activating group) is 1. The van der Waals surface area contributed by atoms with E-state index in [2.05, 4.69) is 5.32 Å². The molecule has 0 aromatic heterocycles. The van der Waals surface area contributed by atoms with Crippen LogP contribution in [0.3, 0.4) is 0 Å². The third kappa shape index (κ3) is 7.58. The van der Waals surface area contributed by atoms with Crippen LogP contribution in [-0.2, 0) is 16.4 Å². The molecule has 0 saturated heterocycles. The van der Waals surface area contributed by atoms with Crippen LogP contribution in [0.1, 0.15) is 5.56 Å². The highest BCUT2D eigenvalue weighted by Gasteiger charge is 2.15. The minimum absolute atomic E-state index is 0. The molecule has 0 aliphatic rings. The standard InChI is InChI=1S/C33H31NO5S.ClH/c1-34-20-21-37-27-11-13-28(14-12-27)39-33-31(25-8-16-30(17-9-25)40(2,35)36)18-10-26-22-29(15-19-32(26)33)38-23-24-6-4-3-5-7-24;/h3-19,22,34H,20-21,23H2,1-2H3;1H. The summed E-state index contributed by atoms with van der Waals surface area (Å²) in [6, 6.07) is 34.4. The van der Waals surface area contributed by atoms with E-state index >= 15 is 0 Å². The van der Waals surface area contributed by atoms with E-state index in [4.69, 9.17) is 14.2 Å². The Balaban J connectivity index is 0.00000387. The molecule has 41 heavy (non-hydrogen) atoms. The molecule has 0 heterocycles. The van der Waals surface area contributed by atoms with Crippen molar-refractivity contribution in [2.75, 3.05) is 26.5 Å². The lowest BCUT2D eigenvalue weighted by atomic mass is 9.99. The molecule has 6 nitrogen and oxygen atoms in total. The Morgan fingerprint density at radius 3 is 2.10 bits per heavy atom. The normalized spacial score (nSPS) is 11.1. The Hall–Kier alpha value is -4.04. The van der Waals surface area contributed by atoms with E-state index in [0.717, 1.165) is 45.5 Å². The third-order valence-electron chi connectivity index (χ3n) is 6.45. The Morgan fingerprint density at radius 2 is 1.41 bits per heavy atom. The van der Waals surface area contributed by atoms with E-state index < -0.39 is 9.84 Å². The van der Waals surface area contributed by atoms with Crippen LogP contribution in [0.25, 0.3) is 21.9 Å². The van der Waals surface area contributed by atoms with Gasteiger partial charge in [0.2, 0.25) is 0 Å². The predicted octanol–water partition coefficient (Wildman–Crippen LogP) is 7.30. The smallest absolute Gasteiger partial charge is 0.175 e. The topological polar surface area (TPSA) is 73.9 Å². The first-order chi connectivity index (χ1) is 19.4. The van der Waals surface area contributed by atoms with Crippen molar-refractivity contribution in [2.45, 2.75) is 11.5 Å². The van der Waals surface area contributed by atoms with Crippen molar-refractivity contribution in [1.29, 1.82) is 0 Å². The molecule has 212 valence electrons. The van der Waals surface area contributed by atoms with Crippen molar-refractivity contribution in [3.63, 3.8) is 0 Å². The largest absolute Gasteiger partial charge is 0.492 e. The number of nitrogens with one attached hydrogen (secondary N) is 1. The Kier molecular flexibility index (Phi) is 9.89. The summed E-state index contributed by atoms with van der Waals surface area (Å²) in [4.78, 5) is 0.272. The molecular formula is C33H32ClNO5S. The first kappa shape index (κ1) is 29.9. The van der Waals surface area contributed by atoms with Crippen molar-refractivity contribution in [1.82, 2.24) is 5.32 Å². The van der Waals surface area contributed by atoms with Gasteiger partial charge in [0.1, 0.15) is 36.2 Å². The summed E-state index contributed by atoms with van der Waals surface area (Å²) in [5, 5.41) is 4.93. The van der Waals surface area contributed by atoms with Crippen molar-refractivity contribution < 1.29 is 22.6 Å². The lowest BCUT2D eigenvalue weighted by Gasteiger charge is -2.16. The molecule has 0 aliphatic heterocycles. The van der Waals surface area contributed by atoms with Gasteiger partial charge >= 0.3 is 0 Å². The molecule has 0 bridgehead atoms. The summed E-state index contributed by atoms with van der Waals surface area (Å²) in [6.07, 6.45) is 1.20. The van der Waals surface area contributed by atoms with Gasteiger partial charge in [-0.3, -0.25) is 0 Å². The zero-order valence-corrected chi connectivity index (χ0v) is 24.5.